The van der Waals surface area contributed by atoms with E-state index in [-0.39, 0.29) is 12.6 Å². The van der Waals surface area contributed by atoms with Crippen molar-refractivity contribution >= 4 is 16.6 Å². The molecule has 0 saturated heterocycles. The van der Waals surface area contributed by atoms with Crippen LogP contribution < -0.4 is 14.2 Å². The Kier molecular flexibility index (Phi) is 3.83. The van der Waals surface area contributed by atoms with E-state index in [0.717, 1.165) is 16.3 Å². The van der Waals surface area contributed by atoms with Gasteiger partial charge in [0.2, 0.25) is 6.79 Å². The lowest BCUT2D eigenvalue weighted by atomic mass is 9.76. The summed E-state index contributed by atoms with van der Waals surface area (Å²) < 4.78 is 16.4. The van der Waals surface area contributed by atoms with Crippen molar-refractivity contribution in [1.82, 2.24) is 0 Å². The summed E-state index contributed by atoms with van der Waals surface area (Å²) >= 11 is 0. The molecule has 3 aromatic rings. The fraction of sp³-hybridized carbons (Fsp3) is 0.227. The van der Waals surface area contributed by atoms with Crippen molar-refractivity contribution in [2.45, 2.75) is 19.3 Å². The molecule has 0 radical (unpaired) electrons. The number of fused-ring (bicyclic) bond motifs is 2. The molecule has 4 nitrogen and oxygen atoms in total. The maximum absolute atomic E-state index is 13.6. The second kappa shape index (κ2) is 6.06. The highest BCUT2D eigenvalue weighted by Crippen LogP contribution is 2.40. The number of methoxy groups -OCH3 is 1. The average Bonchev–Trinajstić information content (AvgIpc) is 3.14. The molecule has 1 aliphatic rings. The average molecular weight is 348 g/mol. The van der Waals surface area contributed by atoms with Crippen LogP contribution in [0.2, 0.25) is 0 Å². The number of carbonyl (C=O) groups is 1. The van der Waals surface area contributed by atoms with Crippen LogP contribution in [0.4, 0.5) is 0 Å². The second-order valence-electron chi connectivity index (χ2n) is 6.89. The molecule has 4 rings (SSSR count). The fourth-order valence-corrected chi connectivity index (χ4v) is 3.38. The molecule has 1 aliphatic heterocycles. The Morgan fingerprint density at radius 2 is 1.77 bits per heavy atom. The molecule has 0 bridgehead atoms. The van der Waals surface area contributed by atoms with E-state index in [1.807, 2.05) is 68.4 Å². The number of benzene rings is 3. The smallest absolute Gasteiger partial charge is 0.231 e. The first-order valence-electron chi connectivity index (χ1n) is 8.53. The van der Waals surface area contributed by atoms with E-state index in [9.17, 15) is 4.79 Å². The van der Waals surface area contributed by atoms with E-state index in [2.05, 4.69) is 0 Å². The Hall–Kier alpha value is -3.01. The van der Waals surface area contributed by atoms with Crippen LogP contribution in [0.1, 0.15) is 29.8 Å². The number of Topliss-reactive ketones (excluding diaryl/α,β-unsaturated/α-hetero) is 1. The summed E-state index contributed by atoms with van der Waals surface area (Å²) in [6.07, 6.45) is 0. The van der Waals surface area contributed by atoms with Gasteiger partial charge in [0.05, 0.1) is 18.1 Å². The van der Waals surface area contributed by atoms with Gasteiger partial charge < -0.3 is 14.2 Å². The maximum Gasteiger partial charge on any atom is 0.231 e. The minimum atomic E-state index is -0.752. The van der Waals surface area contributed by atoms with Gasteiger partial charge in [0.15, 0.2) is 17.3 Å². The Morgan fingerprint density at radius 3 is 2.58 bits per heavy atom. The lowest BCUT2D eigenvalue weighted by molar-refractivity contribution is 0.0907. The van der Waals surface area contributed by atoms with Crippen molar-refractivity contribution in [3.8, 4) is 17.2 Å². The summed E-state index contributed by atoms with van der Waals surface area (Å²) in [6.45, 7) is 4.06. The highest BCUT2D eigenvalue weighted by Gasteiger charge is 2.34. The first kappa shape index (κ1) is 16.5. The van der Waals surface area contributed by atoms with Gasteiger partial charge in [-0.2, -0.15) is 0 Å². The molecule has 0 aromatic heterocycles. The summed E-state index contributed by atoms with van der Waals surface area (Å²) in [5.41, 5.74) is 0.730. The third-order valence-electron chi connectivity index (χ3n) is 5.00. The quantitative estimate of drug-likeness (QED) is 0.639. The molecule has 0 unspecified atom stereocenters. The Bertz CT molecular complexity index is 1000. The van der Waals surface area contributed by atoms with Crippen molar-refractivity contribution in [2.75, 3.05) is 13.9 Å². The number of hydrogen-bond donors (Lipinski definition) is 0. The van der Waals surface area contributed by atoms with Crippen LogP contribution in [0.3, 0.4) is 0 Å². The van der Waals surface area contributed by atoms with Gasteiger partial charge in [0, 0.05) is 0 Å². The number of hydrogen-bond acceptors (Lipinski definition) is 4. The van der Waals surface area contributed by atoms with Gasteiger partial charge in [-0.1, -0.05) is 36.4 Å². The maximum atomic E-state index is 13.6. The summed E-state index contributed by atoms with van der Waals surface area (Å²) in [6, 6.07) is 17.3. The lowest BCUT2D eigenvalue weighted by Gasteiger charge is -2.26. The Balaban J connectivity index is 1.85. The van der Waals surface area contributed by atoms with Crippen LogP contribution in [0, 0.1) is 0 Å². The molecule has 3 aromatic carbocycles. The molecule has 4 heteroatoms. The fourth-order valence-electron chi connectivity index (χ4n) is 3.38. The van der Waals surface area contributed by atoms with Crippen molar-refractivity contribution in [2.24, 2.45) is 0 Å². The highest BCUT2D eigenvalue weighted by molar-refractivity contribution is 6.14. The van der Waals surface area contributed by atoms with Crippen LogP contribution in [-0.2, 0) is 5.41 Å². The summed E-state index contributed by atoms with van der Waals surface area (Å²) in [5.74, 6) is 1.97. The first-order chi connectivity index (χ1) is 12.5. The lowest BCUT2D eigenvalue weighted by Crippen LogP contribution is -2.29. The van der Waals surface area contributed by atoms with Crippen molar-refractivity contribution < 1.29 is 19.0 Å². The zero-order chi connectivity index (χ0) is 18.3. The van der Waals surface area contributed by atoms with E-state index in [4.69, 9.17) is 14.2 Å². The van der Waals surface area contributed by atoms with Gasteiger partial charge in [-0.25, -0.2) is 0 Å². The molecule has 0 N–H and O–H groups in total. The van der Waals surface area contributed by atoms with Gasteiger partial charge in [0.1, 0.15) is 5.75 Å². The molecular formula is C22H20O4. The van der Waals surface area contributed by atoms with Crippen molar-refractivity contribution in [1.29, 1.82) is 0 Å². The monoisotopic (exact) mass is 348 g/mol. The summed E-state index contributed by atoms with van der Waals surface area (Å²) in [7, 11) is 1.59. The zero-order valence-electron chi connectivity index (χ0n) is 15.0. The van der Waals surface area contributed by atoms with Crippen LogP contribution in [0.15, 0.2) is 54.6 Å². The largest absolute Gasteiger partial charge is 0.496 e. The molecule has 0 fully saturated rings. The van der Waals surface area contributed by atoms with E-state index < -0.39 is 5.41 Å². The minimum absolute atomic E-state index is 0.00464. The molecule has 0 aliphatic carbocycles. The van der Waals surface area contributed by atoms with Gasteiger partial charge >= 0.3 is 0 Å². The third kappa shape index (κ3) is 2.49. The van der Waals surface area contributed by atoms with E-state index in [0.29, 0.717) is 22.8 Å². The molecule has 0 spiro atoms. The normalized spacial score (nSPS) is 13.0. The highest BCUT2D eigenvalue weighted by atomic mass is 16.7. The molecule has 1 heterocycles. The first-order valence-corrected chi connectivity index (χ1v) is 8.53. The molecular weight excluding hydrogens is 328 g/mol. The predicted octanol–water partition coefficient (Wildman–Crippen LogP) is 4.74. The number of carbonyl (C=O) groups excluding carboxylic acids is 1. The van der Waals surface area contributed by atoms with Gasteiger partial charge in [-0.15, -0.1) is 0 Å². The number of rotatable bonds is 4. The number of ketones is 1. The second-order valence-corrected chi connectivity index (χ2v) is 6.89. The Labute approximate surface area is 152 Å². The zero-order valence-corrected chi connectivity index (χ0v) is 15.0. The summed E-state index contributed by atoms with van der Waals surface area (Å²) in [4.78, 5) is 13.6. The molecule has 132 valence electrons. The molecule has 0 saturated carbocycles. The van der Waals surface area contributed by atoms with Crippen molar-refractivity contribution in [3.05, 3.63) is 65.7 Å². The topological polar surface area (TPSA) is 44.8 Å². The van der Waals surface area contributed by atoms with E-state index in [1.54, 1.807) is 7.11 Å². The van der Waals surface area contributed by atoms with E-state index in [1.165, 1.54) is 0 Å². The third-order valence-corrected chi connectivity index (χ3v) is 5.00. The summed E-state index contributed by atoms with van der Waals surface area (Å²) in [5, 5.41) is 1.91. The van der Waals surface area contributed by atoms with Crippen LogP contribution in [0.5, 0.6) is 17.2 Å². The van der Waals surface area contributed by atoms with Gasteiger partial charge in [-0.05, 0) is 48.4 Å². The Morgan fingerprint density at radius 1 is 1.00 bits per heavy atom. The SMILES string of the molecule is COc1ccc2ccccc2c1C(=O)C(C)(C)c1ccc2c(c1)OCO2. The number of ether oxygens (including phenoxy) is 3. The van der Waals surface area contributed by atoms with Crippen LogP contribution in [-0.4, -0.2) is 19.7 Å². The molecule has 0 atom stereocenters. The minimum Gasteiger partial charge on any atom is -0.496 e. The van der Waals surface area contributed by atoms with E-state index >= 15 is 0 Å². The van der Waals surface area contributed by atoms with Gasteiger partial charge in [-0.3, -0.25) is 4.79 Å². The van der Waals surface area contributed by atoms with Gasteiger partial charge in [0.25, 0.3) is 0 Å². The standard InChI is InChI=1S/C22H20O4/c1-22(2,15-9-11-17-19(12-15)26-13-25-17)21(23)20-16-7-5-4-6-14(16)8-10-18(20)24-3/h4-12H,13H2,1-3H3. The molecule has 0 amide bonds. The molecule has 26 heavy (non-hydrogen) atoms. The van der Waals surface area contributed by atoms with Crippen LogP contribution in [0.25, 0.3) is 10.8 Å². The van der Waals surface area contributed by atoms with Crippen LogP contribution >= 0.6 is 0 Å². The predicted molar refractivity (Wildman–Crippen MR) is 100 cm³/mol. The van der Waals surface area contributed by atoms with Crippen molar-refractivity contribution in [3.63, 3.8) is 0 Å².